The third-order valence-corrected chi connectivity index (χ3v) is 5.98. The minimum atomic E-state index is -1.47. The summed E-state index contributed by atoms with van der Waals surface area (Å²) in [6.07, 6.45) is -3.42. The van der Waals surface area contributed by atoms with Crippen LogP contribution in [0.15, 0.2) is 66.7 Å². The lowest BCUT2D eigenvalue weighted by Gasteiger charge is -2.19. The smallest absolute Gasteiger partial charge is 0.407 e. The average Bonchev–Trinajstić information content (AvgIpc) is 3.16. The molecule has 4 rings (SSSR count). The van der Waals surface area contributed by atoms with Gasteiger partial charge in [-0.25, -0.2) is 14.0 Å². The molecule has 34 heavy (non-hydrogen) atoms. The molecule has 1 aliphatic rings. The van der Waals surface area contributed by atoms with Crippen LogP contribution in [0.2, 0.25) is 0 Å². The molecular formula is C26H24FNO6. The van der Waals surface area contributed by atoms with Gasteiger partial charge in [-0.05, 0) is 46.4 Å². The van der Waals surface area contributed by atoms with Gasteiger partial charge in [0.05, 0.1) is 11.7 Å². The third kappa shape index (κ3) is 4.78. The second-order valence-electron chi connectivity index (χ2n) is 8.10. The van der Waals surface area contributed by atoms with E-state index in [1.807, 2.05) is 48.5 Å². The lowest BCUT2D eigenvalue weighted by molar-refractivity contribution is 0.0135. The first-order valence-electron chi connectivity index (χ1n) is 10.8. The highest BCUT2D eigenvalue weighted by molar-refractivity contribution is 5.88. The van der Waals surface area contributed by atoms with E-state index in [4.69, 9.17) is 9.84 Å². The molecule has 3 aromatic carbocycles. The summed E-state index contributed by atoms with van der Waals surface area (Å²) in [4.78, 5) is 23.3. The van der Waals surface area contributed by atoms with Crippen molar-refractivity contribution in [3.8, 4) is 11.1 Å². The number of carbonyl (C=O) groups is 2. The highest BCUT2D eigenvalue weighted by Gasteiger charge is 2.29. The molecule has 0 heterocycles. The summed E-state index contributed by atoms with van der Waals surface area (Å²) in [5.74, 6) is -2.49. The molecule has 3 aromatic rings. The fourth-order valence-corrected chi connectivity index (χ4v) is 4.24. The first kappa shape index (κ1) is 23.4. The van der Waals surface area contributed by atoms with Gasteiger partial charge in [0.25, 0.3) is 0 Å². The number of hydrogen-bond donors (Lipinski definition) is 4. The average molecular weight is 465 g/mol. The number of ether oxygens (including phenoxy) is 1. The fourth-order valence-electron chi connectivity index (χ4n) is 4.24. The Hall–Kier alpha value is -3.75. The maximum absolute atomic E-state index is 13.5. The van der Waals surface area contributed by atoms with Gasteiger partial charge in [0.15, 0.2) is 0 Å². The summed E-state index contributed by atoms with van der Waals surface area (Å²) in [6, 6.07) is 19.1. The first-order chi connectivity index (χ1) is 16.4. The van der Waals surface area contributed by atoms with Gasteiger partial charge in [-0.2, -0.15) is 0 Å². The van der Waals surface area contributed by atoms with Crippen LogP contribution < -0.4 is 5.32 Å². The number of carbonyl (C=O) groups excluding carboxylic acids is 1. The molecule has 0 aromatic heterocycles. The number of aliphatic hydroxyl groups excluding tert-OH is 2. The quantitative estimate of drug-likeness (QED) is 0.402. The van der Waals surface area contributed by atoms with Crippen molar-refractivity contribution in [1.29, 1.82) is 0 Å². The molecule has 0 spiro atoms. The normalized spacial score (nSPS) is 14.1. The Morgan fingerprint density at radius 3 is 2.21 bits per heavy atom. The van der Waals surface area contributed by atoms with E-state index in [9.17, 15) is 24.2 Å². The van der Waals surface area contributed by atoms with Crippen LogP contribution in [0.3, 0.4) is 0 Å². The Kier molecular flexibility index (Phi) is 6.90. The zero-order chi connectivity index (χ0) is 24.2. The summed E-state index contributed by atoms with van der Waals surface area (Å²) in [5.41, 5.74) is 3.89. The van der Waals surface area contributed by atoms with Gasteiger partial charge in [0.1, 0.15) is 18.5 Å². The van der Waals surface area contributed by atoms with Gasteiger partial charge in [-0.3, -0.25) is 0 Å². The largest absolute Gasteiger partial charge is 0.478 e. The van der Waals surface area contributed by atoms with Crippen molar-refractivity contribution in [1.82, 2.24) is 5.32 Å². The van der Waals surface area contributed by atoms with E-state index in [2.05, 4.69) is 5.32 Å². The van der Waals surface area contributed by atoms with Gasteiger partial charge < -0.3 is 25.4 Å². The molecule has 0 radical (unpaired) electrons. The summed E-state index contributed by atoms with van der Waals surface area (Å²) >= 11 is 0. The monoisotopic (exact) mass is 465 g/mol. The number of fused-ring (bicyclic) bond motifs is 3. The minimum absolute atomic E-state index is 0.0158. The van der Waals surface area contributed by atoms with Gasteiger partial charge in [0.2, 0.25) is 0 Å². The molecule has 4 N–H and O–H groups in total. The summed E-state index contributed by atoms with van der Waals surface area (Å²) in [6.45, 7) is 0.167. The van der Waals surface area contributed by atoms with E-state index in [1.54, 1.807) is 0 Å². The minimum Gasteiger partial charge on any atom is -0.478 e. The topological polar surface area (TPSA) is 116 Å². The molecule has 0 aliphatic heterocycles. The number of nitrogens with one attached hydrogen (secondary N) is 1. The van der Waals surface area contributed by atoms with Crippen LogP contribution in [0.25, 0.3) is 11.1 Å². The Morgan fingerprint density at radius 2 is 1.59 bits per heavy atom. The maximum Gasteiger partial charge on any atom is 0.407 e. The maximum atomic E-state index is 13.5. The molecule has 0 fully saturated rings. The van der Waals surface area contributed by atoms with Crippen LogP contribution >= 0.6 is 0 Å². The number of alkyl carbamates (subject to hydrolysis) is 1. The molecule has 1 amide bonds. The lowest BCUT2D eigenvalue weighted by atomic mass is 9.98. The molecule has 0 saturated heterocycles. The first-order valence-corrected chi connectivity index (χ1v) is 10.8. The van der Waals surface area contributed by atoms with E-state index < -0.39 is 35.7 Å². The predicted octanol–water partition coefficient (Wildman–Crippen LogP) is 3.85. The fraction of sp³-hybridized carbons (Fsp3) is 0.231. The Labute approximate surface area is 195 Å². The molecule has 0 bridgehead atoms. The van der Waals surface area contributed by atoms with E-state index >= 15 is 0 Å². The molecular weight excluding hydrogens is 441 g/mol. The van der Waals surface area contributed by atoms with Crippen molar-refractivity contribution < 1.29 is 34.0 Å². The second kappa shape index (κ2) is 10.0. The molecule has 8 heteroatoms. The van der Waals surface area contributed by atoms with Crippen LogP contribution in [0.5, 0.6) is 0 Å². The van der Waals surface area contributed by atoms with E-state index in [-0.39, 0.29) is 31.1 Å². The van der Waals surface area contributed by atoms with E-state index in [1.165, 1.54) is 6.07 Å². The molecule has 2 unspecified atom stereocenters. The number of benzene rings is 3. The number of amides is 1. The van der Waals surface area contributed by atoms with Crippen LogP contribution in [0.1, 0.15) is 45.5 Å². The summed E-state index contributed by atoms with van der Waals surface area (Å²) in [7, 11) is 0. The van der Waals surface area contributed by atoms with E-state index in [0.717, 1.165) is 34.4 Å². The highest BCUT2D eigenvalue weighted by atomic mass is 19.1. The molecule has 176 valence electrons. The zero-order valence-electron chi connectivity index (χ0n) is 18.1. The predicted molar refractivity (Wildman–Crippen MR) is 122 cm³/mol. The molecule has 2 atom stereocenters. The molecule has 1 aliphatic carbocycles. The van der Waals surface area contributed by atoms with Gasteiger partial charge in [0, 0.05) is 12.5 Å². The number of carboxylic acid groups (broad SMARTS) is 1. The summed E-state index contributed by atoms with van der Waals surface area (Å²) < 4.78 is 19.0. The van der Waals surface area contributed by atoms with E-state index in [0.29, 0.717) is 0 Å². The number of carboxylic acids is 1. The van der Waals surface area contributed by atoms with Crippen molar-refractivity contribution in [2.24, 2.45) is 0 Å². The number of aliphatic hydroxyl groups is 2. The lowest BCUT2D eigenvalue weighted by Crippen LogP contribution is -2.30. The molecule has 0 saturated carbocycles. The van der Waals surface area contributed by atoms with Crippen molar-refractivity contribution in [3.63, 3.8) is 0 Å². The van der Waals surface area contributed by atoms with Crippen LogP contribution in [-0.2, 0) is 4.74 Å². The highest BCUT2D eigenvalue weighted by Crippen LogP contribution is 2.44. The third-order valence-electron chi connectivity index (χ3n) is 5.98. The van der Waals surface area contributed by atoms with Gasteiger partial charge in [-0.1, -0.05) is 54.6 Å². The number of halogens is 1. The Morgan fingerprint density at radius 1 is 0.971 bits per heavy atom. The second-order valence-corrected chi connectivity index (χ2v) is 8.10. The number of aromatic carboxylic acids is 1. The SMILES string of the molecule is O=C(NCCC(O)C(O)c1ccc(F)c(C(=O)O)c1)OCC1c2ccccc2-c2ccccc21. The summed E-state index contributed by atoms with van der Waals surface area (Å²) in [5, 5.41) is 32.0. The van der Waals surface area contributed by atoms with Crippen molar-refractivity contribution in [3.05, 3.63) is 94.8 Å². The molecule has 7 nitrogen and oxygen atoms in total. The van der Waals surface area contributed by atoms with Gasteiger partial charge >= 0.3 is 12.1 Å². The van der Waals surface area contributed by atoms with Crippen molar-refractivity contribution in [2.45, 2.75) is 24.5 Å². The standard InChI is InChI=1S/C26H24FNO6/c27-22-10-9-15(13-20(22)25(31)32)24(30)23(29)11-12-28-26(33)34-14-21-18-7-3-1-5-16(18)17-6-2-4-8-19(17)21/h1-10,13,21,23-24,29-30H,11-12,14H2,(H,28,33)(H,31,32). The Bertz CT molecular complexity index is 1170. The van der Waals surface area contributed by atoms with Crippen LogP contribution in [0, 0.1) is 5.82 Å². The number of rotatable bonds is 8. The van der Waals surface area contributed by atoms with Crippen molar-refractivity contribution >= 4 is 12.1 Å². The number of hydrogen-bond acceptors (Lipinski definition) is 5. The zero-order valence-corrected chi connectivity index (χ0v) is 18.1. The van der Waals surface area contributed by atoms with Crippen LogP contribution in [0.4, 0.5) is 9.18 Å². The van der Waals surface area contributed by atoms with Crippen molar-refractivity contribution in [2.75, 3.05) is 13.2 Å². The van der Waals surface area contributed by atoms with Crippen LogP contribution in [-0.4, -0.2) is 46.6 Å². The Balaban J connectivity index is 1.29. The van der Waals surface area contributed by atoms with Gasteiger partial charge in [-0.15, -0.1) is 0 Å².